The number of fused-ring (bicyclic) bond motifs is 3. The van der Waals surface area contributed by atoms with Crippen LogP contribution in [0.15, 0.2) is 35.5 Å². The van der Waals surface area contributed by atoms with Crippen LogP contribution < -0.4 is 0 Å². The smallest absolute Gasteiger partial charge is 0.00698 e. The van der Waals surface area contributed by atoms with E-state index >= 15 is 0 Å². The maximum absolute atomic E-state index is 4.38. The van der Waals surface area contributed by atoms with Crippen LogP contribution in [0.4, 0.5) is 0 Å². The van der Waals surface area contributed by atoms with E-state index in [1.807, 2.05) is 0 Å². The first-order valence-electron chi connectivity index (χ1n) is 8.28. The van der Waals surface area contributed by atoms with Crippen molar-refractivity contribution >= 4 is 0 Å². The van der Waals surface area contributed by atoms with Gasteiger partial charge in [0.15, 0.2) is 0 Å². The Balaban J connectivity index is 1.51. The molecule has 0 saturated heterocycles. The lowest BCUT2D eigenvalue weighted by Crippen LogP contribution is -2.68. The van der Waals surface area contributed by atoms with Crippen molar-refractivity contribution in [1.82, 2.24) is 0 Å². The van der Waals surface area contributed by atoms with Gasteiger partial charge in [-0.3, -0.25) is 0 Å². The molecule has 0 N–H and O–H groups in total. The highest BCUT2D eigenvalue weighted by Crippen LogP contribution is 2.83. The van der Waals surface area contributed by atoms with Gasteiger partial charge in [0.25, 0.3) is 0 Å². The molecule has 4 saturated carbocycles. The average Bonchev–Trinajstić information content (AvgIpc) is 2.73. The molecule has 0 aromatic rings. The first-order valence-corrected chi connectivity index (χ1v) is 8.28. The topological polar surface area (TPSA) is 0 Å². The summed E-state index contributed by atoms with van der Waals surface area (Å²) in [5.74, 6) is 8.61. The van der Waals surface area contributed by atoms with Gasteiger partial charge >= 0.3 is 0 Å². The van der Waals surface area contributed by atoms with Crippen LogP contribution in [-0.2, 0) is 0 Å². The van der Waals surface area contributed by atoms with Crippen molar-refractivity contribution in [2.24, 2.45) is 47.3 Å². The van der Waals surface area contributed by atoms with E-state index in [0.29, 0.717) is 0 Å². The molecule has 0 spiro atoms. The third-order valence-corrected chi connectivity index (χ3v) is 7.51. The summed E-state index contributed by atoms with van der Waals surface area (Å²) in [6, 6.07) is 0. The maximum atomic E-state index is 4.38. The van der Waals surface area contributed by atoms with Crippen LogP contribution in [0.2, 0.25) is 0 Å². The molecule has 0 aromatic heterocycles. The monoisotopic (exact) mass is 252 g/mol. The van der Waals surface area contributed by atoms with E-state index in [-0.39, 0.29) is 0 Å². The third kappa shape index (κ3) is 1.03. The zero-order valence-corrected chi connectivity index (χ0v) is 12.1. The molecule has 0 aliphatic heterocycles. The van der Waals surface area contributed by atoms with E-state index in [1.165, 1.54) is 17.6 Å². The van der Waals surface area contributed by atoms with E-state index in [0.717, 1.165) is 53.8 Å². The van der Waals surface area contributed by atoms with Gasteiger partial charge in [-0.15, -0.1) is 0 Å². The Morgan fingerprint density at radius 1 is 1.11 bits per heavy atom. The van der Waals surface area contributed by atoms with Gasteiger partial charge in [0, 0.05) is 0 Å². The van der Waals surface area contributed by atoms with Gasteiger partial charge in [-0.1, -0.05) is 37.6 Å². The molecule has 8 atom stereocenters. The fourth-order valence-electron chi connectivity index (χ4n) is 7.18. The van der Waals surface area contributed by atoms with Crippen molar-refractivity contribution in [3.63, 3.8) is 0 Å². The second kappa shape index (κ2) is 3.27. The summed E-state index contributed by atoms with van der Waals surface area (Å²) in [5, 5.41) is 0. The van der Waals surface area contributed by atoms with Crippen LogP contribution in [0.3, 0.4) is 0 Å². The first-order chi connectivity index (χ1) is 9.22. The minimum Gasteiger partial charge on any atom is -0.0952 e. The van der Waals surface area contributed by atoms with E-state index in [1.54, 1.807) is 12.0 Å². The van der Waals surface area contributed by atoms with Gasteiger partial charge < -0.3 is 0 Å². The summed E-state index contributed by atoms with van der Waals surface area (Å²) < 4.78 is 0. The fourth-order valence-corrected chi connectivity index (χ4v) is 7.18. The van der Waals surface area contributed by atoms with Crippen LogP contribution in [0.1, 0.15) is 33.1 Å². The SMILES string of the molecule is C=C1CC(C)=CC=C1C1C2C3CC4C2C1[C@H]4C3CC. The molecule has 0 radical (unpaired) electrons. The van der Waals surface area contributed by atoms with Crippen LogP contribution in [0.5, 0.6) is 0 Å². The minimum absolute atomic E-state index is 0.915. The Morgan fingerprint density at radius 3 is 2.63 bits per heavy atom. The van der Waals surface area contributed by atoms with Crippen molar-refractivity contribution in [3.05, 3.63) is 35.5 Å². The Morgan fingerprint density at radius 2 is 1.95 bits per heavy atom. The molecule has 0 amide bonds. The van der Waals surface area contributed by atoms with Crippen molar-refractivity contribution < 1.29 is 0 Å². The molecule has 100 valence electrons. The molecule has 5 aliphatic carbocycles. The number of allylic oxidation sites excluding steroid dienone is 5. The molecular weight excluding hydrogens is 228 g/mol. The molecule has 0 heteroatoms. The lowest BCUT2D eigenvalue weighted by molar-refractivity contribution is -0.225. The number of rotatable bonds is 2. The second-order valence-electron chi connectivity index (χ2n) is 7.89. The molecule has 5 aliphatic rings. The number of hydrogen-bond acceptors (Lipinski definition) is 0. The van der Waals surface area contributed by atoms with Gasteiger partial charge in [-0.05, 0) is 78.3 Å². The van der Waals surface area contributed by atoms with E-state index in [4.69, 9.17) is 0 Å². The molecular formula is C19H24. The van der Waals surface area contributed by atoms with Gasteiger partial charge in [0.2, 0.25) is 0 Å². The van der Waals surface area contributed by atoms with E-state index in [9.17, 15) is 0 Å². The summed E-state index contributed by atoms with van der Waals surface area (Å²) in [6.07, 6.45) is 8.93. The highest BCUT2D eigenvalue weighted by Gasteiger charge is 2.79. The molecule has 2 bridgehead atoms. The van der Waals surface area contributed by atoms with E-state index < -0.39 is 0 Å². The molecule has 19 heavy (non-hydrogen) atoms. The molecule has 7 unspecified atom stereocenters. The van der Waals surface area contributed by atoms with Crippen molar-refractivity contribution in [3.8, 4) is 0 Å². The van der Waals surface area contributed by atoms with Gasteiger partial charge in [0.05, 0.1) is 0 Å². The Hall–Kier alpha value is -0.780. The van der Waals surface area contributed by atoms with E-state index in [2.05, 4.69) is 32.6 Å². The lowest BCUT2D eigenvalue weighted by atomic mass is 9.33. The summed E-state index contributed by atoms with van der Waals surface area (Å²) in [5.41, 5.74) is 4.58. The molecule has 0 nitrogen and oxygen atoms in total. The maximum Gasteiger partial charge on any atom is -0.00698 e. The van der Waals surface area contributed by atoms with Gasteiger partial charge in [-0.25, -0.2) is 0 Å². The summed E-state index contributed by atoms with van der Waals surface area (Å²) in [4.78, 5) is 0. The Labute approximate surface area is 116 Å². The molecule has 5 rings (SSSR count). The minimum atomic E-state index is 0.915. The molecule has 0 heterocycles. The zero-order valence-electron chi connectivity index (χ0n) is 12.1. The average molecular weight is 252 g/mol. The largest absolute Gasteiger partial charge is 0.0952 e. The predicted molar refractivity (Wildman–Crippen MR) is 78.4 cm³/mol. The number of hydrogen-bond donors (Lipinski definition) is 0. The standard InChI is InChI=1S/C19H24/c1-4-11-13-8-14-15(11)19-16(17(13)18(14)19)12-6-5-9(2)7-10(12)3/h5-6,11,13-19H,3-4,7-8H2,1-2H3/t11?,13?,14?,15-,16?,17?,18?,19?/m0/s1. The normalized spacial score (nSPS) is 56.4. The highest BCUT2D eigenvalue weighted by molar-refractivity contribution is 5.46. The summed E-state index contributed by atoms with van der Waals surface area (Å²) in [7, 11) is 0. The van der Waals surface area contributed by atoms with Crippen molar-refractivity contribution in [2.75, 3.05) is 0 Å². The Bertz CT molecular complexity index is 532. The Kier molecular flexibility index (Phi) is 1.88. The quantitative estimate of drug-likeness (QED) is 0.673. The summed E-state index contributed by atoms with van der Waals surface area (Å²) >= 11 is 0. The first kappa shape index (κ1) is 10.9. The third-order valence-electron chi connectivity index (χ3n) is 7.51. The summed E-state index contributed by atoms with van der Waals surface area (Å²) in [6.45, 7) is 9.05. The van der Waals surface area contributed by atoms with Crippen LogP contribution in [0.25, 0.3) is 0 Å². The van der Waals surface area contributed by atoms with Crippen LogP contribution in [0, 0.1) is 47.3 Å². The predicted octanol–water partition coefficient (Wildman–Crippen LogP) is 4.60. The fraction of sp³-hybridized carbons (Fsp3) is 0.684. The molecule has 0 aromatic carbocycles. The zero-order chi connectivity index (χ0) is 12.9. The van der Waals surface area contributed by atoms with Crippen LogP contribution >= 0.6 is 0 Å². The van der Waals surface area contributed by atoms with Gasteiger partial charge in [-0.2, -0.15) is 0 Å². The van der Waals surface area contributed by atoms with Gasteiger partial charge in [0.1, 0.15) is 0 Å². The molecule has 4 fully saturated rings. The van der Waals surface area contributed by atoms with Crippen LogP contribution in [-0.4, -0.2) is 0 Å². The second-order valence-corrected chi connectivity index (χ2v) is 7.89. The van der Waals surface area contributed by atoms with Crippen molar-refractivity contribution in [2.45, 2.75) is 33.1 Å². The van der Waals surface area contributed by atoms with Crippen molar-refractivity contribution in [1.29, 1.82) is 0 Å². The lowest BCUT2D eigenvalue weighted by Gasteiger charge is -2.71. The highest BCUT2D eigenvalue weighted by atomic mass is 14.8.